The second-order valence-electron chi connectivity index (χ2n) is 3.87. The number of aliphatic hydroxyl groups is 1. The molecular formula is C14H18O4. The highest BCUT2D eigenvalue weighted by atomic mass is 16.5. The van der Waals surface area contributed by atoms with Crippen molar-refractivity contribution in [3.05, 3.63) is 35.9 Å². The molecule has 0 saturated carbocycles. The smallest absolute Gasteiger partial charge is 0.328 e. The largest absolute Gasteiger partial charge is 0.494 e. The van der Waals surface area contributed by atoms with Gasteiger partial charge in [-0.3, -0.25) is 0 Å². The molecule has 0 radical (unpaired) electrons. The van der Waals surface area contributed by atoms with Crippen LogP contribution in [0, 0.1) is 0 Å². The lowest BCUT2D eigenvalue weighted by Crippen LogP contribution is -1.97. The first-order valence-electron chi connectivity index (χ1n) is 5.97. The first kappa shape index (κ1) is 14.3. The predicted molar refractivity (Wildman–Crippen MR) is 69.5 cm³/mol. The molecule has 0 aliphatic rings. The Morgan fingerprint density at radius 3 is 2.50 bits per heavy atom. The van der Waals surface area contributed by atoms with E-state index in [1.54, 1.807) is 0 Å². The van der Waals surface area contributed by atoms with Crippen LogP contribution in [0.2, 0.25) is 0 Å². The van der Waals surface area contributed by atoms with Gasteiger partial charge in [0.15, 0.2) is 0 Å². The minimum Gasteiger partial charge on any atom is -0.494 e. The van der Waals surface area contributed by atoms with Crippen molar-refractivity contribution in [1.82, 2.24) is 0 Å². The molecule has 0 aliphatic heterocycles. The lowest BCUT2D eigenvalue weighted by Gasteiger charge is -2.05. The summed E-state index contributed by atoms with van der Waals surface area (Å²) in [6, 6.07) is 7.24. The number of aliphatic hydroxyl groups excluding tert-OH is 1. The van der Waals surface area contributed by atoms with E-state index in [2.05, 4.69) is 0 Å². The molecule has 0 unspecified atom stereocenters. The van der Waals surface area contributed by atoms with Gasteiger partial charge in [-0.1, -0.05) is 12.1 Å². The first-order valence-corrected chi connectivity index (χ1v) is 5.97. The zero-order valence-electron chi connectivity index (χ0n) is 10.2. The number of rotatable bonds is 8. The number of hydrogen-bond donors (Lipinski definition) is 2. The Bertz CT molecular complexity index is 381. The number of benzene rings is 1. The fraction of sp³-hybridized carbons (Fsp3) is 0.357. The zero-order chi connectivity index (χ0) is 13.2. The third-order valence-electron chi connectivity index (χ3n) is 2.37. The van der Waals surface area contributed by atoms with Crippen molar-refractivity contribution in [2.24, 2.45) is 0 Å². The number of ether oxygens (including phenoxy) is 1. The van der Waals surface area contributed by atoms with Crippen molar-refractivity contribution in [1.29, 1.82) is 0 Å². The highest BCUT2D eigenvalue weighted by molar-refractivity contribution is 5.85. The number of carboxylic acid groups (broad SMARTS) is 1. The van der Waals surface area contributed by atoms with E-state index in [-0.39, 0.29) is 6.61 Å². The van der Waals surface area contributed by atoms with Gasteiger partial charge < -0.3 is 14.9 Å². The normalized spacial score (nSPS) is 10.7. The maximum atomic E-state index is 10.3. The maximum Gasteiger partial charge on any atom is 0.328 e. The summed E-state index contributed by atoms with van der Waals surface area (Å²) in [5.41, 5.74) is 0.824. The Labute approximate surface area is 107 Å². The predicted octanol–water partition coefficient (Wildman–Crippen LogP) is 2.33. The molecule has 1 aromatic carbocycles. The molecule has 0 amide bonds. The highest BCUT2D eigenvalue weighted by Gasteiger charge is 1.95. The van der Waals surface area contributed by atoms with E-state index in [9.17, 15) is 4.79 Å². The van der Waals surface area contributed by atoms with Gasteiger partial charge in [-0.05, 0) is 43.0 Å². The SMILES string of the molecule is O=C(O)/C=C/c1ccc(OCCCCCO)cc1. The number of hydrogen-bond acceptors (Lipinski definition) is 3. The minimum absolute atomic E-state index is 0.227. The van der Waals surface area contributed by atoms with Crippen LogP contribution in [0.4, 0.5) is 0 Å². The van der Waals surface area contributed by atoms with Gasteiger partial charge in [-0.2, -0.15) is 0 Å². The molecule has 0 bridgehead atoms. The number of unbranched alkanes of at least 4 members (excludes halogenated alkanes) is 2. The quantitative estimate of drug-likeness (QED) is 0.549. The molecule has 18 heavy (non-hydrogen) atoms. The molecular weight excluding hydrogens is 232 g/mol. The van der Waals surface area contributed by atoms with Crippen LogP contribution < -0.4 is 4.74 Å². The van der Waals surface area contributed by atoms with Gasteiger partial charge in [0.25, 0.3) is 0 Å². The van der Waals surface area contributed by atoms with Crippen molar-refractivity contribution < 1.29 is 19.7 Å². The third-order valence-corrected chi connectivity index (χ3v) is 2.37. The van der Waals surface area contributed by atoms with E-state index in [1.807, 2.05) is 24.3 Å². The molecule has 0 aliphatic carbocycles. The van der Waals surface area contributed by atoms with E-state index in [0.717, 1.165) is 36.7 Å². The number of aliphatic carboxylic acids is 1. The fourth-order valence-electron chi connectivity index (χ4n) is 1.42. The maximum absolute atomic E-state index is 10.3. The summed E-state index contributed by atoms with van der Waals surface area (Å²) >= 11 is 0. The lowest BCUT2D eigenvalue weighted by atomic mass is 10.2. The Balaban J connectivity index is 2.34. The summed E-state index contributed by atoms with van der Waals surface area (Å²) in [6.45, 7) is 0.856. The first-order chi connectivity index (χ1) is 8.72. The van der Waals surface area contributed by atoms with Crippen LogP contribution in [0.5, 0.6) is 5.75 Å². The van der Waals surface area contributed by atoms with Crippen LogP contribution in [0.3, 0.4) is 0 Å². The molecule has 1 aromatic rings. The summed E-state index contributed by atoms with van der Waals surface area (Å²) in [7, 11) is 0. The van der Waals surface area contributed by atoms with Crippen LogP contribution in [-0.2, 0) is 4.79 Å². The standard InChI is InChI=1S/C14H18O4/c15-10-2-1-3-11-18-13-7-4-12(5-8-13)6-9-14(16)17/h4-9,15H,1-3,10-11H2,(H,16,17)/b9-6+. The van der Waals surface area contributed by atoms with Crippen LogP contribution in [0.1, 0.15) is 24.8 Å². The molecule has 0 saturated heterocycles. The molecule has 0 fully saturated rings. The van der Waals surface area contributed by atoms with E-state index >= 15 is 0 Å². The van der Waals surface area contributed by atoms with Gasteiger partial charge in [-0.15, -0.1) is 0 Å². The van der Waals surface area contributed by atoms with E-state index in [1.165, 1.54) is 6.08 Å². The molecule has 0 aromatic heterocycles. The molecule has 0 atom stereocenters. The van der Waals surface area contributed by atoms with Crippen molar-refractivity contribution >= 4 is 12.0 Å². The molecule has 4 nitrogen and oxygen atoms in total. The third kappa shape index (κ3) is 6.06. The number of carboxylic acids is 1. The van der Waals surface area contributed by atoms with Gasteiger partial charge in [0.1, 0.15) is 5.75 Å². The molecule has 98 valence electrons. The van der Waals surface area contributed by atoms with Gasteiger partial charge in [0.2, 0.25) is 0 Å². The minimum atomic E-state index is -0.959. The van der Waals surface area contributed by atoms with E-state index in [4.69, 9.17) is 14.9 Å². The monoisotopic (exact) mass is 250 g/mol. The van der Waals surface area contributed by atoms with E-state index < -0.39 is 5.97 Å². The molecule has 4 heteroatoms. The molecule has 0 heterocycles. The lowest BCUT2D eigenvalue weighted by molar-refractivity contribution is -0.131. The van der Waals surface area contributed by atoms with Crippen molar-refractivity contribution in [3.63, 3.8) is 0 Å². The molecule has 2 N–H and O–H groups in total. The Kier molecular flexibility index (Phi) is 6.58. The average molecular weight is 250 g/mol. The van der Waals surface area contributed by atoms with Crippen molar-refractivity contribution in [2.75, 3.05) is 13.2 Å². The summed E-state index contributed by atoms with van der Waals surface area (Å²) in [5.74, 6) is -0.189. The molecule has 0 spiro atoms. The topological polar surface area (TPSA) is 66.8 Å². The summed E-state index contributed by atoms with van der Waals surface area (Å²) in [4.78, 5) is 10.3. The van der Waals surface area contributed by atoms with Crippen LogP contribution >= 0.6 is 0 Å². The van der Waals surface area contributed by atoms with Crippen LogP contribution in [-0.4, -0.2) is 29.4 Å². The summed E-state index contributed by atoms with van der Waals surface area (Å²) in [5, 5.41) is 17.1. The van der Waals surface area contributed by atoms with Crippen molar-refractivity contribution in [2.45, 2.75) is 19.3 Å². The Hall–Kier alpha value is -1.81. The second-order valence-corrected chi connectivity index (χ2v) is 3.87. The number of carbonyl (C=O) groups is 1. The van der Waals surface area contributed by atoms with E-state index in [0.29, 0.717) is 6.61 Å². The zero-order valence-corrected chi connectivity index (χ0v) is 10.2. The highest BCUT2D eigenvalue weighted by Crippen LogP contribution is 2.13. The van der Waals surface area contributed by atoms with Crippen LogP contribution in [0.25, 0.3) is 6.08 Å². The van der Waals surface area contributed by atoms with Crippen LogP contribution in [0.15, 0.2) is 30.3 Å². The van der Waals surface area contributed by atoms with Crippen molar-refractivity contribution in [3.8, 4) is 5.75 Å². The van der Waals surface area contributed by atoms with Gasteiger partial charge in [0.05, 0.1) is 6.61 Å². The Morgan fingerprint density at radius 1 is 1.17 bits per heavy atom. The fourth-order valence-corrected chi connectivity index (χ4v) is 1.42. The Morgan fingerprint density at radius 2 is 1.89 bits per heavy atom. The second kappa shape index (κ2) is 8.31. The van der Waals surface area contributed by atoms with Gasteiger partial charge >= 0.3 is 5.97 Å². The van der Waals surface area contributed by atoms with Gasteiger partial charge in [0, 0.05) is 12.7 Å². The summed E-state index contributed by atoms with van der Waals surface area (Å²) < 4.78 is 5.51. The average Bonchev–Trinajstić information content (AvgIpc) is 2.37. The molecule has 1 rings (SSSR count). The van der Waals surface area contributed by atoms with Gasteiger partial charge in [-0.25, -0.2) is 4.79 Å². The summed E-state index contributed by atoms with van der Waals surface area (Å²) in [6.07, 6.45) is 5.32.